The Hall–Kier alpha value is -2.13. The summed E-state index contributed by atoms with van der Waals surface area (Å²) in [4.78, 5) is 15.7. The van der Waals surface area contributed by atoms with E-state index < -0.39 is 0 Å². The molecule has 1 aromatic carbocycles. The van der Waals surface area contributed by atoms with Gasteiger partial charge in [-0.05, 0) is 81.0 Å². The summed E-state index contributed by atoms with van der Waals surface area (Å²) < 4.78 is 0. The van der Waals surface area contributed by atoms with Crippen molar-refractivity contribution >= 4 is 5.91 Å². The smallest absolute Gasteiger partial charge is 0.224 e. The van der Waals surface area contributed by atoms with E-state index >= 15 is 0 Å². The molecule has 3 aliphatic rings. The summed E-state index contributed by atoms with van der Waals surface area (Å²) in [5, 5.41) is 3.52. The number of hydrogen-bond acceptors (Lipinski definition) is 2. The Morgan fingerprint density at radius 3 is 2.66 bits per heavy atom. The number of allylic oxidation sites excluding steroid dienone is 6. The SMILES string of the molecule is CC(C)CC1(NC(=O)Cc2ccccc2)CCC(N2CCC(C3=CC=CCC=C3)CC2)C1. The molecular formula is C29H40N2O. The quantitative estimate of drug-likeness (QED) is 0.587. The maximum Gasteiger partial charge on any atom is 0.224 e. The zero-order valence-corrected chi connectivity index (χ0v) is 19.9. The molecule has 0 spiro atoms. The second-order valence-corrected chi connectivity index (χ2v) is 10.5. The molecule has 0 bridgehead atoms. The van der Waals surface area contributed by atoms with Gasteiger partial charge < -0.3 is 10.2 Å². The number of piperidine rings is 1. The number of carbonyl (C=O) groups excluding carboxylic acids is 1. The van der Waals surface area contributed by atoms with Crippen LogP contribution in [0.1, 0.15) is 64.4 Å². The fourth-order valence-corrected chi connectivity index (χ4v) is 6.13. The highest BCUT2D eigenvalue weighted by Gasteiger charge is 2.43. The molecule has 1 amide bonds. The highest BCUT2D eigenvalue weighted by molar-refractivity contribution is 5.79. The van der Waals surface area contributed by atoms with Gasteiger partial charge in [0, 0.05) is 11.6 Å². The van der Waals surface area contributed by atoms with Crippen LogP contribution >= 0.6 is 0 Å². The van der Waals surface area contributed by atoms with Gasteiger partial charge in [-0.25, -0.2) is 0 Å². The molecule has 3 nitrogen and oxygen atoms in total. The Bertz CT molecular complexity index is 845. The van der Waals surface area contributed by atoms with E-state index in [-0.39, 0.29) is 11.4 Å². The van der Waals surface area contributed by atoms with Crippen molar-refractivity contribution < 1.29 is 4.79 Å². The van der Waals surface area contributed by atoms with E-state index in [0.29, 0.717) is 24.3 Å². The van der Waals surface area contributed by atoms with Crippen molar-refractivity contribution in [3.05, 3.63) is 71.8 Å². The third-order valence-electron chi connectivity index (χ3n) is 7.52. The standard InChI is InChI=1S/C29H40N2O/c1-23(2)21-29(30-28(32)20-24-10-6-5-7-11-24)17-14-27(22-29)31-18-15-26(16-19-31)25-12-8-3-4-9-13-25/h3,5-13,23,26-27H,4,14-22H2,1-2H3,(H,30,32). The number of carbonyl (C=O) groups is 1. The third-order valence-corrected chi connectivity index (χ3v) is 7.52. The fraction of sp³-hybridized carbons (Fsp3) is 0.552. The van der Waals surface area contributed by atoms with E-state index in [0.717, 1.165) is 31.2 Å². The molecule has 4 rings (SSSR count). The molecule has 1 N–H and O–H groups in total. The number of nitrogens with zero attached hydrogens (tertiary/aromatic N) is 1. The summed E-state index contributed by atoms with van der Waals surface area (Å²) in [5.74, 6) is 1.45. The van der Waals surface area contributed by atoms with E-state index in [1.165, 1.54) is 37.9 Å². The summed E-state index contributed by atoms with van der Waals surface area (Å²) in [6.45, 7) is 6.93. The van der Waals surface area contributed by atoms with Gasteiger partial charge in [-0.2, -0.15) is 0 Å². The maximum absolute atomic E-state index is 12.9. The molecule has 172 valence electrons. The van der Waals surface area contributed by atoms with Crippen LogP contribution in [0.5, 0.6) is 0 Å². The van der Waals surface area contributed by atoms with Gasteiger partial charge in [-0.1, -0.05) is 74.6 Å². The van der Waals surface area contributed by atoms with Crippen molar-refractivity contribution in [2.45, 2.75) is 76.8 Å². The van der Waals surface area contributed by atoms with Crippen LogP contribution in [0.2, 0.25) is 0 Å². The van der Waals surface area contributed by atoms with E-state index in [1.54, 1.807) is 0 Å². The maximum atomic E-state index is 12.9. The number of hydrogen-bond donors (Lipinski definition) is 1. The summed E-state index contributed by atoms with van der Waals surface area (Å²) in [5.41, 5.74) is 2.56. The van der Waals surface area contributed by atoms with Crippen LogP contribution in [0, 0.1) is 11.8 Å². The molecule has 2 aliphatic carbocycles. The van der Waals surface area contributed by atoms with Crippen molar-refractivity contribution in [3.63, 3.8) is 0 Å². The highest BCUT2D eigenvalue weighted by atomic mass is 16.1. The lowest BCUT2D eigenvalue weighted by molar-refractivity contribution is -0.122. The van der Waals surface area contributed by atoms with Crippen LogP contribution in [0.4, 0.5) is 0 Å². The lowest BCUT2D eigenvalue weighted by atomic mass is 9.85. The van der Waals surface area contributed by atoms with Gasteiger partial charge in [0.1, 0.15) is 0 Å². The predicted octanol–water partition coefficient (Wildman–Crippen LogP) is 5.84. The lowest BCUT2D eigenvalue weighted by Crippen LogP contribution is -2.50. The van der Waals surface area contributed by atoms with E-state index in [9.17, 15) is 4.79 Å². The molecule has 32 heavy (non-hydrogen) atoms. The topological polar surface area (TPSA) is 32.3 Å². The number of likely N-dealkylation sites (tertiary alicyclic amines) is 1. The van der Waals surface area contributed by atoms with Crippen LogP contribution in [0.3, 0.4) is 0 Å². The Morgan fingerprint density at radius 2 is 1.91 bits per heavy atom. The summed E-state index contributed by atoms with van der Waals surface area (Å²) in [7, 11) is 0. The second-order valence-electron chi connectivity index (χ2n) is 10.5. The van der Waals surface area contributed by atoms with Gasteiger partial charge in [0.25, 0.3) is 0 Å². The molecule has 2 atom stereocenters. The van der Waals surface area contributed by atoms with Crippen molar-refractivity contribution in [3.8, 4) is 0 Å². The Balaban J connectivity index is 1.35. The first-order valence-corrected chi connectivity index (χ1v) is 12.7. The van der Waals surface area contributed by atoms with Gasteiger partial charge >= 0.3 is 0 Å². The van der Waals surface area contributed by atoms with Gasteiger partial charge in [0.05, 0.1) is 6.42 Å². The van der Waals surface area contributed by atoms with Gasteiger partial charge in [0.15, 0.2) is 0 Å². The van der Waals surface area contributed by atoms with Crippen LogP contribution in [-0.2, 0) is 11.2 Å². The summed E-state index contributed by atoms with van der Waals surface area (Å²) in [6.07, 6.45) is 19.9. The fourth-order valence-electron chi connectivity index (χ4n) is 6.13. The zero-order chi connectivity index (χ0) is 22.4. The first kappa shape index (κ1) is 23.0. The molecule has 1 heterocycles. The first-order valence-electron chi connectivity index (χ1n) is 12.7. The normalized spacial score (nSPS) is 26.8. The number of benzene rings is 1. The Kier molecular flexibility index (Phi) is 7.67. The van der Waals surface area contributed by atoms with E-state index in [4.69, 9.17) is 0 Å². The van der Waals surface area contributed by atoms with Crippen molar-refractivity contribution in [2.75, 3.05) is 13.1 Å². The number of rotatable bonds is 7. The largest absolute Gasteiger partial charge is 0.350 e. The third kappa shape index (κ3) is 6.01. The minimum absolute atomic E-state index is 0.0428. The molecule has 1 aromatic rings. The molecule has 2 unspecified atom stereocenters. The molecule has 1 aliphatic heterocycles. The average Bonchev–Trinajstić information content (AvgIpc) is 2.99. The zero-order valence-electron chi connectivity index (χ0n) is 19.9. The van der Waals surface area contributed by atoms with Gasteiger partial charge in [0.2, 0.25) is 5.91 Å². The van der Waals surface area contributed by atoms with Crippen LogP contribution < -0.4 is 5.32 Å². The van der Waals surface area contributed by atoms with Gasteiger partial charge in [-0.15, -0.1) is 0 Å². The van der Waals surface area contributed by atoms with Crippen molar-refractivity contribution in [1.29, 1.82) is 0 Å². The highest BCUT2D eigenvalue weighted by Crippen LogP contribution is 2.39. The Morgan fingerprint density at radius 1 is 1.12 bits per heavy atom. The average molecular weight is 433 g/mol. The lowest BCUT2D eigenvalue weighted by Gasteiger charge is -2.38. The van der Waals surface area contributed by atoms with Crippen LogP contribution in [0.25, 0.3) is 0 Å². The van der Waals surface area contributed by atoms with Crippen LogP contribution in [0.15, 0.2) is 66.3 Å². The molecule has 1 saturated heterocycles. The Labute approximate surface area is 194 Å². The minimum atomic E-state index is -0.0428. The molecule has 3 heteroatoms. The molecule has 0 radical (unpaired) electrons. The summed E-state index contributed by atoms with van der Waals surface area (Å²) >= 11 is 0. The first-order chi connectivity index (χ1) is 15.5. The van der Waals surface area contributed by atoms with E-state index in [2.05, 4.69) is 54.4 Å². The molecule has 0 aromatic heterocycles. The number of nitrogens with one attached hydrogen (secondary N) is 1. The monoisotopic (exact) mass is 432 g/mol. The molecule has 2 fully saturated rings. The van der Waals surface area contributed by atoms with E-state index in [1.807, 2.05) is 30.3 Å². The minimum Gasteiger partial charge on any atom is -0.350 e. The molecule has 1 saturated carbocycles. The number of amides is 1. The van der Waals surface area contributed by atoms with Gasteiger partial charge in [-0.3, -0.25) is 4.79 Å². The second kappa shape index (κ2) is 10.7. The summed E-state index contributed by atoms with van der Waals surface area (Å²) in [6, 6.07) is 10.7. The van der Waals surface area contributed by atoms with Crippen molar-refractivity contribution in [1.82, 2.24) is 10.2 Å². The predicted molar refractivity (Wildman–Crippen MR) is 133 cm³/mol. The van der Waals surface area contributed by atoms with Crippen LogP contribution in [-0.4, -0.2) is 35.5 Å². The molecular weight excluding hydrogens is 392 g/mol. The van der Waals surface area contributed by atoms with Crippen molar-refractivity contribution in [2.24, 2.45) is 11.8 Å².